The van der Waals surface area contributed by atoms with Crippen molar-refractivity contribution in [2.24, 2.45) is 0 Å². The molecule has 0 bridgehead atoms. The van der Waals surface area contributed by atoms with Crippen LogP contribution >= 0.6 is 0 Å². The maximum atomic E-state index is 13.2. The predicted octanol–water partition coefficient (Wildman–Crippen LogP) is 0.445. The van der Waals surface area contributed by atoms with Crippen molar-refractivity contribution >= 4 is 37.0 Å². The summed E-state index contributed by atoms with van der Waals surface area (Å²) in [4.78, 5) is 45.0. The Morgan fingerprint density at radius 2 is 1.74 bits per heavy atom. The van der Waals surface area contributed by atoms with E-state index in [2.05, 4.69) is 38.0 Å². The molecule has 0 spiro atoms. The zero-order valence-corrected chi connectivity index (χ0v) is 21.5. The van der Waals surface area contributed by atoms with Crippen molar-refractivity contribution in [2.45, 2.75) is 6.42 Å². The standard InChI is InChI=1S/C26H31BN8O3/c27-35-9-7-34(8-10-35)23(36)15-18-1-3-19(4-2-18)20-17-30-25(28)24(31-20)26(37)32-21-16-29-6-5-22(21)33-11-13-38-14-12-33/h1-6,16-17H,7-15,27H2,(H2,28,30)(H,32,37). The average Bonchev–Trinajstić information content (AvgIpc) is 2.95. The summed E-state index contributed by atoms with van der Waals surface area (Å²) in [6, 6.07) is 9.44. The fraction of sp³-hybridized carbons (Fsp3) is 0.346. The molecule has 196 valence electrons. The third kappa shape index (κ3) is 5.92. The van der Waals surface area contributed by atoms with Gasteiger partial charge in [0.15, 0.2) is 19.5 Å². The number of carbonyl (C=O) groups excluding carboxylic acids is 2. The number of aromatic nitrogens is 3. The Bertz CT molecular complexity index is 1290. The molecular weight excluding hydrogens is 483 g/mol. The molecule has 2 aromatic heterocycles. The molecule has 5 rings (SSSR count). The van der Waals surface area contributed by atoms with Gasteiger partial charge in [-0.15, -0.1) is 0 Å². The fourth-order valence-electron chi connectivity index (χ4n) is 4.59. The molecule has 0 saturated carbocycles. The highest BCUT2D eigenvalue weighted by atomic mass is 16.5. The molecule has 2 amide bonds. The van der Waals surface area contributed by atoms with E-state index in [0.29, 0.717) is 31.0 Å². The normalized spacial score (nSPS) is 16.3. The molecule has 2 aliphatic heterocycles. The number of hydrogen-bond donors (Lipinski definition) is 2. The summed E-state index contributed by atoms with van der Waals surface area (Å²) in [6.45, 7) is 6.00. The lowest BCUT2D eigenvalue weighted by molar-refractivity contribution is -0.131. The molecule has 0 unspecified atom stereocenters. The molecule has 3 N–H and O–H groups in total. The van der Waals surface area contributed by atoms with Gasteiger partial charge < -0.3 is 30.4 Å². The molecule has 12 heteroatoms. The van der Waals surface area contributed by atoms with E-state index in [4.69, 9.17) is 10.5 Å². The lowest BCUT2D eigenvalue weighted by atomic mass is 10.1. The molecule has 2 saturated heterocycles. The molecule has 0 atom stereocenters. The van der Waals surface area contributed by atoms with Gasteiger partial charge in [0.1, 0.15) is 0 Å². The summed E-state index contributed by atoms with van der Waals surface area (Å²) in [5.41, 5.74) is 9.72. The molecule has 38 heavy (non-hydrogen) atoms. The minimum atomic E-state index is -0.464. The van der Waals surface area contributed by atoms with Gasteiger partial charge in [-0.25, -0.2) is 9.97 Å². The first-order chi connectivity index (χ1) is 18.5. The highest BCUT2D eigenvalue weighted by molar-refractivity contribution is 6.07. The van der Waals surface area contributed by atoms with E-state index in [1.54, 1.807) is 18.6 Å². The van der Waals surface area contributed by atoms with Crippen LogP contribution in [0.5, 0.6) is 0 Å². The molecule has 3 aromatic rings. The van der Waals surface area contributed by atoms with Gasteiger partial charge in [0.05, 0.1) is 49.1 Å². The zero-order chi connectivity index (χ0) is 26.5. The molecular formula is C26H31BN8O3. The molecule has 4 heterocycles. The van der Waals surface area contributed by atoms with Gasteiger partial charge in [0, 0.05) is 51.0 Å². The molecule has 1 aromatic carbocycles. The Hall–Kier alpha value is -4.03. The summed E-state index contributed by atoms with van der Waals surface area (Å²) < 4.78 is 5.44. The highest BCUT2D eigenvalue weighted by Gasteiger charge is 2.21. The molecule has 2 fully saturated rings. The maximum absolute atomic E-state index is 13.2. The number of hydrogen-bond acceptors (Lipinski definition) is 9. The molecule has 2 aliphatic rings. The van der Waals surface area contributed by atoms with Crippen LogP contribution in [0.3, 0.4) is 0 Å². The third-order valence-electron chi connectivity index (χ3n) is 6.87. The van der Waals surface area contributed by atoms with Gasteiger partial charge in [-0.05, 0) is 11.6 Å². The number of nitrogens with zero attached hydrogens (tertiary/aromatic N) is 6. The van der Waals surface area contributed by atoms with E-state index in [-0.39, 0.29) is 17.4 Å². The largest absolute Gasteiger partial charge is 0.382 e. The van der Waals surface area contributed by atoms with Crippen LogP contribution in [0.1, 0.15) is 16.1 Å². The first-order valence-electron chi connectivity index (χ1n) is 12.7. The van der Waals surface area contributed by atoms with Crippen molar-refractivity contribution in [3.63, 3.8) is 0 Å². The third-order valence-corrected chi connectivity index (χ3v) is 6.87. The predicted molar refractivity (Wildman–Crippen MR) is 148 cm³/mol. The maximum Gasteiger partial charge on any atom is 0.278 e. The number of rotatable bonds is 6. The number of piperazine rings is 1. The van der Waals surface area contributed by atoms with Gasteiger partial charge in [-0.1, -0.05) is 24.3 Å². The van der Waals surface area contributed by atoms with Crippen molar-refractivity contribution in [1.82, 2.24) is 24.7 Å². The van der Waals surface area contributed by atoms with Crippen molar-refractivity contribution in [1.29, 1.82) is 0 Å². The second-order valence-corrected chi connectivity index (χ2v) is 9.49. The van der Waals surface area contributed by atoms with Crippen LogP contribution in [-0.2, 0) is 16.0 Å². The fourth-order valence-corrected chi connectivity index (χ4v) is 4.59. The number of nitrogens with one attached hydrogen (secondary N) is 1. The van der Waals surface area contributed by atoms with Crippen LogP contribution in [0.25, 0.3) is 11.3 Å². The topological polar surface area (TPSA) is 130 Å². The molecule has 11 nitrogen and oxygen atoms in total. The summed E-state index contributed by atoms with van der Waals surface area (Å²) in [5.74, 6) is -0.296. The van der Waals surface area contributed by atoms with Gasteiger partial charge in [0.25, 0.3) is 5.91 Å². The number of nitrogens with two attached hydrogens (primary N) is 1. The van der Waals surface area contributed by atoms with Crippen molar-refractivity contribution in [2.75, 3.05) is 68.4 Å². The van der Waals surface area contributed by atoms with E-state index in [0.717, 1.165) is 56.1 Å². The van der Waals surface area contributed by atoms with Crippen LogP contribution in [0.15, 0.2) is 48.9 Å². The van der Waals surface area contributed by atoms with Gasteiger partial charge in [-0.3, -0.25) is 14.6 Å². The van der Waals surface area contributed by atoms with E-state index >= 15 is 0 Å². The first kappa shape index (κ1) is 25.6. The zero-order valence-electron chi connectivity index (χ0n) is 21.5. The lowest BCUT2D eigenvalue weighted by Crippen LogP contribution is -2.48. The number of ether oxygens (including phenoxy) is 1. The lowest BCUT2D eigenvalue weighted by Gasteiger charge is -2.32. The van der Waals surface area contributed by atoms with Crippen LogP contribution in [0.2, 0.25) is 0 Å². The number of amides is 2. The number of pyridine rings is 1. The average molecular weight is 514 g/mol. The van der Waals surface area contributed by atoms with Crippen LogP contribution in [0, 0.1) is 0 Å². The summed E-state index contributed by atoms with van der Waals surface area (Å²) in [6.07, 6.45) is 5.19. The van der Waals surface area contributed by atoms with Gasteiger partial charge >= 0.3 is 0 Å². The minimum Gasteiger partial charge on any atom is -0.382 e. The Kier molecular flexibility index (Phi) is 7.80. The smallest absolute Gasteiger partial charge is 0.278 e. The van der Waals surface area contributed by atoms with Gasteiger partial charge in [0.2, 0.25) is 5.91 Å². The summed E-state index contributed by atoms with van der Waals surface area (Å²) >= 11 is 0. The second-order valence-electron chi connectivity index (χ2n) is 9.49. The Morgan fingerprint density at radius 1 is 1.00 bits per heavy atom. The van der Waals surface area contributed by atoms with E-state index in [9.17, 15) is 9.59 Å². The number of carbonyl (C=O) groups is 2. The van der Waals surface area contributed by atoms with Crippen molar-refractivity contribution in [3.8, 4) is 11.3 Å². The highest BCUT2D eigenvalue weighted by Crippen LogP contribution is 2.27. The van der Waals surface area contributed by atoms with Crippen molar-refractivity contribution < 1.29 is 14.3 Å². The Morgan fingerprint density at radius 3 is 2.47 bits per heavy atom. The van der Waals surface area contributed by atoms with E-state index in [1.807, 2.05) is 35.2 Å². The van der Waals surface area contributed by atoms with E-state index < -0.39 is 5.91 Å². The SMILES string of the molecule is BN1CCN(C(=O)Cc2ccc(-c3cnc(N)c(C(=O)Nc4cnccc4N4CCOCC4)n3)cc2)CC1. The Labute approximate surface area is 222 Å². The van der Waals surface area contributed by atoms with Gasteiger partial charge in [-0.2, -0.15) is 0 Å². The number of nitrogen functional groups attached to an aromatic ring is 1. The first-order valence-corrected chi connectivity index (χ1v) is 12.7. The van der Waals surface area contributed by atoms with Crippen LogP contribution in [-0.4, -0.2) is 96.9 Å². The number of benzene rings is 1. The van der Waals surface area contributed by atoms with Crippen molar-refractivity contribution in [3.05, 3.63) is 60.2 Å². The summed E-state index contributed by atoms with van der Waals surface area (Å²) in [7, 11) is 2.07. The van der Waals surface area contributed by atoms with Crippen LogP contribution in [0.4, 0.5) is 17.2 Å². The number of anilines is 3. The quantitative estimate of drug-likeness (QED) is 0.450. The monoisotopic (exact) mass is 514 g/mol. The van der Waals surface area contributed by atoms with Crippen LogP contribution < -0.4 is 16.0 Å². The minimum absolute atomic E-state index is 0.0357. The van der Waals surface area contributed by atoms with E-state index in [1.165, 1.54) is 0 Å². The molecule has 0 aliphatic carbocycles. The second kappa shape index (κ2) is 11.6. The summed E-state index contributed by atoms with van der Waals surface area (Å²) in [5, 5.41) is 2.90. The molecule has 0 radical (unpaired) electrons. The number of morpholine rings is 1. The Balaban J connectivity index is 1.28.